The van der Waals surface area contributed by atoms with Gasteiger partial charge in [-0.05, 0) is 30.4 Å². The van der Waals surface area contributed by atoms with Gasteiger partial charge in [0.1, 0.15) is 0 Å². The number of rotatable bonds is 7. The van der Waals surface area contributed by atoms with Crippen LogP contribution in [0.2, 0.25) is 0 Å². The summed E-state index contributed by atoms with van der Waals surface area (Å²) < 4.78 is 32.3. The van der Waals surface area contributed by atoms with Crippen molar-refractivity contribution in [2.45, 2.75) is 29.6 Å². The lowest BCUT2D eigenvalue weighted by atomic mass is 10.2. The van der Waals surface area contributed by atoms with E-state index in [1.165, 1.54) is 28.2 Å². The van der Waals surface area contributed by atoms with Gasteiger partial charge in [-0.25, -0.2) is 13.2 Å². The van der Waals surface area contributed by atoms with Crippen molar-refractivity contribution < 1.29 is 23.1 Å². The Hall–Kier alpha value is -1.09. The smallest absolute Gasteiger partial charge is 0.335 e. The third kappa shape index (κ3) is 4.47. The van der Waals surface area contributed by atoms with Crippen LogP contribution in [0.25, 0.3) is 0 Å². The average molecular weight is 359 g/mol. The minimum Gasteiger partial charge on any atom is -0.478 e. The molecule has 0 spiro atoms. The number of carboxylic acids is 1. The van der Waals surface area contributed by atoms with Crippen molar-refractivity contribution in [2.24, 2.45) is 0 Å². The van der Waals surface area contributed by atoms with E-state index in [2.05, 4.69) is 6.92 Å². The van der Waals surface area contributed by atoms with E-state index in [9.17, 15) is 13.2 Å². The van der Waals surface area contributed by atoms with E-state index in [0.717, 1.165) is 18.6 Å². The van der Waals surface area contributed by atoms with Crippen molar-refractivity contribution in [3.63, 3.8) is 0 Å². The van der Waals surface area contributed by atoms with Crippen LogP contribution >= 0.6 is 11.8 Å². The van der Waals surface area contributed by atoms with E-state index in [4.69, 9.17) is 9.84 Å². The van der Waals surface area contributed by atoms with Crippen molar-refractivity contribution in [3.05, 3.63) is 23.8 Å². The number of ether oxygens (including phenoxy) is 1. The maximum atomic E-state index is 12.9. The van der Waals surface area contributed by atoms with Crippen LogP contribution in [-0.4, -0.2) is 55.9 Å². The van der Waals surface area contributed by atoms with Crippen LogP contribution in [0.3, 0.4) is 0 Å². The number of carbonyl (C=O) groups is 1. The summed E-state index contributed by atoms with van der Waals surface area (Å²) in [7, 11) is -3.72. The summed E-state index contributed by atoms with van der Waals surface area (Å²) in [4.78, 5) is 11.9. The van der Waals surface area contributed by atoms with Gasteiger partial charge in [0.2, 0.25) is 10.0 Å². The van der Waals surface area contributed by atoms with Crippen LogP contribution in [0.4, 0.5) is 0 Å². The molecule has 8 heteroatoms. The highest BCUT2D eigenvalue weighted by atomic mass is 32.2. The zero-order chi connectivity index (χ0) is 16.9. The lowest BCUT2D eigenvalue weighted by Gasteiger charge is -2.27. The Labute approximate surface area is 140 Å². The molecule has 0 radical (unpaired) electrons. The zero-order valence-electron chi connectivity index (χ0n) is 13.0. The van der Waals surface area contributed by atoms with Crippen LogP contribution in [0.5, 0.6) is 0 Å². The van der Waals surface area contributed by atoms with Crippen molar-refractivity contribution in [1.82, 2.24) is 4.31 Å². The molecule has 1 N–H and O–H groups in total. The first-order chi connectivity index (χ1) is 11.0. The Balaban J connectivity index is 2.38. The molecule has 0 aliphatic carbocycles. The number of hydrogen-bond donors (Lipinski definition) is 1. The van der Waals surface area contributed by atoms with E-state index < -0.39 is 16.0 Å². The van der Waals surface area contributed by atoms with Gasteiger partial charge in [-0.2, -0.15) is 4.31 Å². The van der Waals surface area contributed by atoms with Gasteiger partial charge < -0.3 is 9.84 Å². The Morgan fingerprint density at radius 3 is 2.65 bits per heavy atom. The van der Waals surface area contributed by atoms with Gasteiger partial charge in [-0.1, -0.05) is 13.3 Å². The molecule has 1 aromatic rings. The molecule has 2 rings (SSSR count). The Kier molecular flexibility index (Phi) is 6.46. The van der Waals surface area contributed by atoms with Gasteiger partial charge in [0.15, 0.2) is 0 Å². The van der Waals surface area contributed by atoms with E-state index in [-0.39, 0.29) is 10.5 Å². The second kappa shape index (κ2) is 8.14. The fourth-order valence-corrected chi connectivity index (χ4v) is 5.23. The lowest BCUT2D eigenvalue weighted by molar-refractivity contribution is 0.0695. The molecule has 0 unspecified atom stereocenters. The van der Waals surface area contributed by atoms with E-state index in [0.29, 0.717) is 31.2 Å². The summed E-state index contributed by atoms with van der Waals surface area (Å²) in [5, 5.41) is 9.16. The maximum Gasteiger partial charge on any atom is 0.335 e. The highest BCUT2D eigenvalue weighted by molar-refractivity contribution is 8.00. The molecule has 0 bridgehead atoms. The van der Waals surface area contributed by atoms with Crippen LogP contribution in [-0.2, 0) is 14.8 Å². The normalized spacial score (nSPS) is 16.4. The molecule has 1 fully saturated rings. The first kappa shape index (κ1) is 18.3. The van der Waals surface area contributed by atoms with Crippen LogP contribution < -0.4 is 0 Å². The summed E-state index contributed by atoms with van der Waals surface area (Å²) >= 11 is 1.45. The molecule has 1 heterocycles. The lowest BCUT2D eigenvalue weighted by Crippen LogP contribution is -2.40. The van der Waals surface area contributed by atoms with E-state index >= 15 is 0 Å². The molecule has 1 aliphatic heterocycles. The Bertz CT molecular complexity index is 654. The quantitative estimate of drug-likeness (QED) is 0.594. The molecule has 0 atom stereocenters. The first-order valence-corrected chi connectivity index (χ1v) is 9.97. The van der Waals surface area contributed by atoms with Gasteiger partial charge in [-0.15, -0.1) is 11.8 Å². The van der Waals surface area contributed by atoms with Crippen molar-refractivity contribution in [1.29, 1.82) is 0 Å². The largest absolute Gasteiger partial charge is 0.478 e. The number of nitrogens with zero attached hydrogens (tertiary/aromatic N) is 1. The Morgan fingerprint density at radius 2 is 2.04 bits per heavy atom. The molecule has 0 aromatic heterocycles. The Morgan fingerprint density at radius 1 is 1.35 bits per heavy atom. The number of unbranched alkanes of at least 4 members (excludes halogenated alkanes) is 1. The molecule has 1 saturated heterocycles. The summed E-state index contributed by atoms with van der Waals surface area (Å²) in [6.45, 7) is 3.36. The van der Waals surface area contributed by atoms with Gasteiger partial charge in [-0.3, -0.25) is 0 Å². The number of carboxylic acid groups (broad SMARTS) is 1. The number of thioether (sulfide) groups is 1. The van der Waals surface area contributed by atoms with E-state index in [1.54, 1.807) is 6.07 Å². The van der Waals surface area contributed by atoms with Crippen molar-refractivity contribution in [3.8, 4) is 0 Å². The minimum absolute atomic E-state index is 0.0170. The second-order valence-electron chi connectivity index (χ2n) is 5.19. The number of hydrogen-bond acceptors (Lipinski definition) is 5. The molecule has 128 valence electrons. The van der Waals surface area contributed by atoms with E-state index in [1.807, 2.05) is 0 Å². The van der Waals surface area contributed by atoms with Crippen LogP contribution in [0.15, 0.2) is 28.0 Å². The first-order valence-electron chi connectivity index (χ1n) is 7.55. The third-order valence-electron chi connectivity index (χ3n) is 3.53. The van der Waals surface area contributed by atoms with Crippen LogP contribution in [0.1, 0.15) is 30.1 Å². The average Bonchev–Trinajstić information content (AvgIpc) is 2.56. The monoisotopic (exact) mass is 359 g/mol. The van der Waals surface area contributed by atoms with Gasteiger partial charge >= 0.3 is 5.97 Å². The number of morpholine rings is 1. The number of sulfonamides is 1. The summed E-state index contributed by atoms with van der Waals surface area (Å²) in [6, 6.07) is 4.31. The molecule has 23 heavy (non-hydrogen) atoms. The fourth-order valence-electron chi connectivity index (χ4n) is 2.21. The highest BCUT2D eigenvalue weighted by Crippen LogP contribution is 2.31. The molecular weight excluding hydrogens is 338 g/mol. The van der Waals surface area contributed by atoms with Gasteiger partial charge in [0.05, 0.1) is 23.7 Å². The summed E-state index contributed by atoms with van der Waals surface area (Å²) in [6.07, 6.45) is 1.99. The predicted octanol–water partition coefficient (Wildman–Crippen LogP) is 2.30. The minimum atomic E-state index is -3.72. The number of aromatic carboxylic acids is 1. The standard InChI is InChI=1S/C15H21NO5S2/c1-2-3-10-22-13-5-4-12(15(17)18)11-14(13)23(19,20)16-6-8-21-9-7-16/h4-5,11H,2-3,6-10H2,1H3,(H,17,18). The SMILES string of the molecule is CCCCSc1ccc(C(=O)O)cc1S(=O)(=O)N1CCOCC1. The molecule has 6 nitrogen and oxygen atoms in total. The van der Waals surface area contributed by atoms with Gasteiger partial charge in [0, 0.05) is 18.0 Å². The molecule has 1 aromatic carbocycles. The van der Waals surface area contributed by atoms with Crippen LogP contribution in [0, 0.1) is 0 Å². The predicted molar refractivity (Wildman–Crippen MR) is 88.6 cm³/mol. The summed E-state index contributed by atoms with van der Waals surface area (Å²) in [5.41, 5.74) is -0.0170. The molecule has 0 saturated carbocycles. The third-order valence-corrected chi connectivity index (χ3v) is 6.76. The molecule has 1 aliphatic rings. The highest BCUT2D eigenvalue weighted by Gasteiger charge is 2.29. The molecule has 0 amide bonds. The second-order valence-corrected chi connectivity index (χ2v) is 8.23. The van der Waals surface area contributed by atoms with Gasteiger partial charge in [0.25, 0.3) is 0 Å². The fraction of sp³-hybridized carbons (Fsp3) is 0.533. The van der Waals surface area contributed by atoms with Crippen molar-refractivity contribution >= 4 is 27.8 Å². The molecular formula is C15H21NO5S2. The summed E-state index contributed by atoms with van der Waals surface area (Å²) in [5.74, 6) is -0.331. The topological polar surface area (TPSA) is 83.9 Å². The van der Waals surface area contributed by atoms with Crippen molar-refractivity contribution in [2.75, 3.05) is 32.1 Å². The zero-order valence-corrected chi connectivity index (χ0v) is 14.7. The maximum absolute atomic E-state index is 12.9. The number of benzene rings is 1.